The topological polar surface area (TPSA) is 233 Å². The van der Waals surface area contributed by atoms with E-state index in [0.717, 1.165) is 10.7 Å². The van der Waals surface area contributed by atoms with Crippen molar-refractivity contribution in [2.45, 2.75) is 67.0 Å². The molecule has 0 unspecified atom stereocenters. The quantitative estimate of drug-likeness (QED) is 0.0659. The molecule has 0 radical (unpaired) electrons. The monoisotopic (exact) mass is 792 g/mol. The van der Waals surface area contributed by atoms with Gasteiger partial charge in [-0.2, -0.15) is 0 Å². The summed E-state index contributed by atoms with van der Waals surface area (Å²) in [5.41, 5.74) is -2.75. The summed E-state index contributed by atoms with van der Waals surface area (Å²) in [7, 11) is 0. The molecule has 2 fully saturated rings. The molecule has 0 spiro atoms. The number of rotatable bonds is 12. The van der Waals surface area contributed by atoms with Gasteiger partial charge in [0, 0.05) is 0 Å². The van der Waals surface area contributed by atoms with Crippen molar-refractivity contribution in [2.75, 3.05) is 19.8 Å². The van der Waals surface area contributed by atoms with Crippen molar-refractivity contribution in [3.8, 4) is 0 Å². The molecule has 14 nitrogen and oxygen atoms in total. The van der Waals surface area contributed by atoms with E-state index in [9.17, 15) is 50.4 Å². The molecule has 15 heteroatoms. The summed E-state index contributed by atoms with van der Waals surface area (Å²) in [6.45, 7) is -3.19. The zero-order chi connectivity index (χ0) is 35.4. The van der Waals surface area contributed by atoms with Crippen LogP contribution in [-0.2, 0) is 26.9 Å². The first-order valence-corrected chi connectivity index (χ1v) is 21.1. The van der Waals surface area contributed by atoms with E-state index in [2.05, 4.69) is 0 Å². The van der Waals surface area contributed by atoms with Crippen molar-refractivity contribution in [2.24, 2.45) is 0 Å². The Morgan fingerprint density at radius 3 is 1.49 bits per heavy atom. The summed E-state index contributed by atoms with van der Waals surface area (Å²) in [4.78, 5) is 27.3. The summed E-state index contributed by atoms with van der Waals surface area (Å²) in [5, 5.41) is 84.1. The van der Waals surface area contributed by atoms with E-state index >= 15 is 0 Å². The molecular formula is C34H40O14Sn. The number of carbonyl (C=O) groups is 2. The van der Waals surface area contributed by atoms with Crippen molar-refractivity contribution in [1.82, 2.24) is 0 Å². The Morgan fingerprint density at radius 1 is 0.612 bits per heavy atom. The average molecular weight is 791 g/mol. The van der Waals surface area contributed by atoms with Crippen molar-refractivity contribution in [1.29, 1.82) is 0 Å². The number of aliphatic hydroxyl groups is 8. The van der Waals surface area contributed by atoms with Gasteiger partial charge in [-0.3, -0.25) is 0 Å². The molecule has 49 heavy (non-hydrogen) atoms. The molecule has 2 heterocycles. The van der Waals surface area contributed by atoms with Gasteiger partial charge in [-0.1, -0.05) is 0 Å². The summed E-state index contributed by atoms with van der Waals surface area (Å²) in [6.07, 6.45) is -15.2. The summed E-state index contributed by atoms with van der Waals surface area (Å²) in [6, 6.07) is 27.9. The van der Waals surface area contributed by atoms with Gasteiger partial charge in [-0.05, 0) is 0 Å². The van der Waals surface area contributed by atoms with Gasteiger partial charge in [0.15, 0.2) is 0 Å². The predicted octanol–water partition coefficient (Wildman–Crippen LogP) is -3.47. The standard InChI is InChI=1S/C16H26O14.3C6H5.Sn/c17-3-6-10(23)12(25)14(27)16(29-6,30-9(22)2-1-8(20)21)15(5-19)13(26)11(24)7(4-18)28-15;3*1-2-4-6-5-3-1;/h6-7,10-14,17-19,23-27H,1-5H2,(H,20,21);3*1-5H;/q;;;;+1/p-1/t6-,7-,10-,11-,12+,13+,14-,15+,16+;;;;/m1..../s1. The number of benzene rings is 3. The second-order valence-electron chi connectivity index (χ2n) is 12.0. The van der Waals surface area contributed by atoms with Gasteiger partial charge in [0.2, 0.25) is 0 Å². The number of hydrogen-bond acceptors (Lipinski definition) is 14. The Bertz CT molecular complexity index is 1450. The predicted molar refractivity (Wildman–Crippen MR) is 172 cm³/mol. The van der Waals surface area contributed by atoms with E-state index < -0.39 is 118 Å². The van der Waals surface area contributed by atoms with Crippen molar-refractivity contribution < 1.29 is 67.7 Å². The minimum absolute atomic E-state index is 0.553. The fourth-order valence-corrected chi connectivity index (χ4v) is 17.4. The van der Waals surface area contributed by atoms with Gasteiger partial charge < -0.3 is 0 Å². The number of carbonyl (C=O) groups excluding carboxylic acids is 2. The van der Waals surface area contributed by atoms with Crippen LogP contribution < -0.4 is 10.7 Å². The van der Waals surface area contributed by atoms with Crippen LogP contribution in [-0.4, -0.2) is 146 Å². The Kier molecular flexibility index (Phi) is 11.8. The third-order valence-electron chi connectivity index (χ3n) is 9.11. The van der Waals surface area contributed by atoms with Crippen LogP contribution >= 0.6 is 0 Å². The maximum absolute atomic E-state index is 13.7. The van der Waals surface area contributed by atoms with Crippen molar-refractivity contribution >= 4 is 41.5 Å². The van der Waals surface area contributed by atoms with Crippen LogP contribution in [0.5, 0.6) is 0 Å². The van der Waals surface area contributed by atoms with Crippen LogP contribution in [0.3, 0.4) is 0 Å². The first-order valence-electron chi connectivity index (χ1n) is 15.7. The summed E-state index contributed by atoms with van der Waals surface area (Å²) >= 11 is -4.57. The first kappa shape index (κ1) is 37.3. The molecule has 2 saturated heterocycles. The van der Waals surface area contributed by atoms with E-state index in [1.54, 1.807) is 0 Å². The third-order valence-corrected chi connectivity index (χ3v) is 20.4. The molecule has 2 aliphatic heterocycles. The van der Waals surface area contributed by atoms with Gasteiger partial charge >= 0.3 is 287 Å². The fraction of sp³-hybridized carbons (Fsp3) is 0.412. The SMILES string of the molecule is O=C(CCC(=O)[O][Sn]([c]1ccccc1)([c]1ccccc1)[c]1ccccc1)O[C@@]1([C@@]2(CO)O[C@H](CO)[C@@H](O)[C@@H]2O)O[C@H](CO)[C@@H](O)[C@H](O)[C@H]1O. The summed E-state index contributed by atoms with van der Waals surface area (Å²) < 4.78 is 25.7. The van der Waals surface area contributed by atoms with Gasteiger partial charge in [0.05, 0.1) is 0 Å². The Balaban J connectivity index is 1.46. The van der Waals surface area contributed by atoms with Gasteiger partial charge in [-0.25, -0.2) is 0 Å². The molecule has 0 saturated carbocycles. The molecule has 2 aliphatic rings. The van der Waals surface area contributed by atoms with Crippen LogP contribution in [0.15, 0.2) is 91.0 Å². The van der Waals surface area contributed by atoms with Crippen molar-refractivity contribution in [3.63, 3.8) is 0 Å². The normalized spacial score (nSPS) is 31.6. The average Bonchev–Trinajstić information content (AvgIpc) is 3.40. The molecule has 3 aromatic rings. The van der Waals surface area contributed by atoms with E-state index in [0.29, 0.717) is 0 Å². The summed E-state index contributed by atoms with van der Waals surface area (Å²) in [5.74, 6) is -5.10. The maximum atomic E-state index is 13.7. The third kappa shape index (κ3) is 6.63. The Morgan fingerprint density at radius 2 is 1.06 bits per heavy atom. The van der Waals surface area contributed by atoms with Gasteiger partial charge in [0.25, 0.3) is 0 Å². The van der Waals surface area contributed by atoms with E-state index in [1.807, 2.05) is 91.0 Å². The fourth-order valence-electron chi connectivity index (χ4n) is 6.57. The first-order chi connectivity index (χ1) is 23.5. The van der Waals surface area contributed by atoms with Crippen LogP contribution in [0.1, 0.15) is 12.8 Å². The number of hydrogen-bond donors (Lipinski definition) is 8. The molecule has 5 rings (SSSR count). The number of aliphatic hydroxyl groups excluding tert-OH is 8. The molecule has 3 aromatic carbocycles. The van der Waals surface area contributed by atoms with Crippen LogP contribution in [0.25, 0.3) is 0 Å². The van der Waals surface area contributed by atoms with Crippen LogP contribution in [0.4, 0.5) is 0 Å². The van der Waals surface area contributed by atoms with Crippen molar-refractivity contribution in [3.05, 3.63) is 91.0 Å². The molecule has 0 aliphatic carbocycles. The molecule has 8 N–H and O–H groups in total. The van der Waals surface area contributed by atoms with E-state index in [1.165, 1.54) is 0 Å². The molecule has 9 atom stereocenters. The molecule has 0 aromatic heterocycles. The zero-order valence-corrected chi connectivity index (χ0v) is 29.1. The Hall–Kier alpha value is -3.00. The molecule has 264 valence electrons. The van der Waals surface area contributed by atoms with E-state index in [4.69, 9.17) is 17.3 Å². The molecule has 0 amide bonds. The van der Waals surface area contributed by atoms with Gasteiger partial charge in [0.1, 0.15) is 0 Å². The van der Waals surface area contributed by atoms with E-state index in [-0.39, 0.29) is 0 Å². The zero-order valence-electron chi connectivity index (χ0n) is 26.3. The minimum atomic E-state index is -4.57. The van der Waals surface area contributed by atoms with Gasteiger partial charge in [-0.15, -0.1) is 0 Å². The van der Waals surface area contributed by atoms with Crippen LogP contribution in [0, 0.1) is 0 Å². The molecule has 0 bridgehead atoms. The van der Waals surface area contributed by atoms with Crippen LogP contribution in [0.2, 0.25) is 0 Å². The number of esters is 1. The molecular weight excluding hydrogens is 751 g/mol. The Labute approximate surface area is 286 Å². The second-order valence-corrected chi connectivity index (χ2v) is 21.4. The number of ether oxygens (including phenoxy) is 3. The second kappa shape index (κ2) is 15.5.